The largest absolute Gasteiger partial charge is 0.478 e. The fourth-order valence-electron chi connectivity index (χ4n) is 2.78. The van der Waals surface area contributed by atoms with Crippen LogP contribution in [0.25, 0.3) is 0 Å². The Balaban J connectivity index is 1.54. The van der Waals surface area contributed by atoms with Crippen molar-refractivity contribution in [1.29, 1.82) is 0 Å². The van der Waals surface area contributed by atoms with Crippen LogP contribution in [-0.2, 0) is 11.3 Å². The molecular weight excluding hydrogens is 268 g/mol. The number of aromatic carboxylic acids is 1. The quantitative estimate of drug-likeness (QED) is 0.910. The fourth-order valence-corrected chi connectivity index (χ4v) is 2.78. The predicted molar refractivity (Wildman–Crippen MR) is 78.0 cm³/mol. The van der Waals surface area contributed by atoms with Gasteiger partial charge in [-0.2, -0.15) is 0 Å². The summed E-state index contributed by atoms with van der Waals surface area (Å²) in [6.45, 7) is 4.03. The van der Waals surface area contributed by atoms with Crippen molar-refractivity contribution in [3.05, 3.63) is 35.4 Å². The molecule has 0 unspecified atom stereocenters. The summed E-state index contributed by atoms with van der Waals surface area (Å²) in [6.07, 6.45) is 2.11. The lowest BCUT2D eigenvalue weighted by Crippen LogP contribution is -2.48. The second-order valence-corrected chi connectivity index (χ2v) is 5.88. The summed E-state index contributed by atoms with van der Waals surface area (Å²) in [5.41, 5.74) is 1.34. The molecule has 3 rings (SSSR count). The lowest BCUT2D eigenvalue weighted by atomic mass is 10.1. The normalized spacial score (nSPS) is 19.5. The molecule has 1 aliphatic carbocycles. The van der Waals surface area contributed by atoms with Crippen molar-refractivity contribution >= 4 is 11.9 Å². The van der Waals surface area contributed by atoms with Crippen LogP contribution in [0.15, 0.2) is 24.3 Å². The highest BCUT2D eigenvalue weighted by Crippen LogP contribution is 2.31. The van der Waals surface area contributed by atoms with Crippen LogP contribution in [0.3, 0.4) is 0 Å². The molecule has 1 amide bonds. The van der Waals surface area contributed by atoms with Gasteiger partial charge in [-0.3, -0.25) is 9.69 Å². The third kappa shape index (κ3) is 3.42. The second-order valence-electron chi connectivity index (χ2n) is 5.88. The van der Waals surface area contributed by atoms with E-state index < -0.39 is 5.97 Å². The molecule has 0 bridgehead atoms. The number of hydrogen-bond donors (Lipinski definition) is 1. The molecule has 1 aromatic carbocycles. The molecule has 1 aromatic rings. The van der Waals surface area contributed by atoms with Crippen molar-refractivity contribution in [2.45, 2.75) is 19.4 Å². The molecule has 0 radical (unpaired) electrons. The third-order valence-electron chi connectivity index (χ3n) is 4.19. The van der Waals surface area contributed by atoms with Gasteiger partial charge < -0.3 is 10.0 Å². The summed E-state index contributed by atoms with van der Waals surface area (Å²) in [6, 6.07) is 7.07. The van der Waals surface area contributed by atoms with Crippen LogP contribution in [0.5, 0.6) is 0 Å². The summed E-state index contributed by atoms with van der Waals surface area (Å²) >= 11 is 0. The molecule has 0 atom stereocenters. The van der Waals surface area contributed by atoms with Crippen LogP contribution in [0.2, 0.25) is 0 Å². The molecule has 2 fully saturated rings. The summed E-state index contributed by atoms with van der Waals surface area (Å²) in [7, 11) is 0. The van der Waals surface area contributed by atoms with E-state index in [9.17, 15) is 9.59 Å². The molecule has 0 spiro atoms. The van der Waals surface area contributed by atoms with E-state index in [2.05, 4.69) is 4.90 Å². The molecule has 5 heteroatoms. The highest BCUT2D eigenvalue weighted by Gasteiger charge is 2.34. The van der Waals surface area contributed by atoms with Crippen molar-refractivity contribution in [3.63, 3.8) is 0 Å². The Hall–Kier alpha value is -1.88. The molecule has 1 saturated carbocycles. The van der Waals surface area contributed by atoms with Crippen molar-refractivity contribution in [2.24, 2.45) is 5.92 Å². The second kappa shape index (κ2) is 5.85. The molecule has 0 aromatic heterocycles. The predicted octanol–water partition coefficient (Wildman–Crippen LogP) is 1.44. The van der Waals surface area contributed by atoms with Gasteiger partial charge in [0.25, 0.3) is 0 Å². The monoisotopic (exact) mass is 288 g/mol. The molecular formula is C16H20N2O3. The molecule has 112 valence electrons. The van der Waals surface area contributed by atoms with Gasteiger partial charge in [0.15, 0.2) is 0 Å². The van der Waals surface area contributed by atoms with Crippen LogP contribution in [0.1, 0.15) is 28.8 Å². The van der Waals surface area contributed by atoms with Gasteiger partial charge in [0, 0.05) is 38.6 Å². The standard InChI is InChI=1S/C16H20N2O3/c19-15(13-4-5-13)18-8-6-17(7-9-18)11-12-2-1-3-14(10-12)16(20)21/h1-3,10,13H,4-9,11H2,(H,20,21). The van der Waals surface area contributed by atoms with Crippen LogP contribution in [0, 0.1) is 5.92 Å². The molecule has 2 aliphatic rings. The zero-order valence-corrected chi connectivity index (χ0v) is 12.0. The van der Waals surface area contributed by atoms with Gasteiger partial charge >= 0.3 is 5.97 Å². The average Bonchev–Trinajstić information content (AvgIpc) is 3.32. The number of hydrogen-bond acceptors (Lipinski definition) is 3. The smallest absolute Gasteiger partial charge is 0.335 e. The number of carboxylic acid groups (broad SMARTS) is 1. The molecule has 1 aliphatic heterocycles. The van der Waals surface area contributed by atoms with E-state index in [0.717, 1.165) is 51.1 Å². The van der Waals surface area contributed by atoms with Crippen LogP contribution >= 0.6 is 0 Å². The first-order valence-corrected chi connectivity index (χ1v) is 7.47. The van der Waals surface area contributed by atoms with Gasteiger partial charge in [0.1, 0.15) is 0 Å². The zero-order valence-electron chi connectivity index (χ0n) is 12.0. The molecule has 1 saturated heterocycles. The van der Waals surface area contributed by atoms with E-state index >= 15 is 0 Å². The van der Waals surface area contributed by atoms with Gasteiger partial charge in [0.2, 0.25) is 5.91 Å². The summed E-state index contributed by atoms with van der Waals surface area (Å²) < 4.78 is 0. The van der Waals surface area contributed by atoms with E-state index in [1.54, 1.807) is 18.2 Å². The van der Waals surface area contributed by atoms with Gasteiger partial charge in [-0.05, 0) is 30.5 Å². The van der Waals surface area contributed by atoms with Crippen molar-refractivity contribution < 1.29 is 14.7 Å². The Kier molecular flexibility index (Phi) is 3.92. The van der Waals surface area contributed by atoms with Crippen LogP contribution in [-0.4, -0.2) is 53.0 Å². The molecule has 21 heavy (non-hydrogen) atoms. The zero-order chi connectivity index (χ0) is 14.8. The highest BCUT2D eigenvalue weighted by molar-refractivity contribution is 5.87. The number of amides is 1. The van der Waals surface area contributed by atoms with Crippen molar-refractivity contribution in [1.82, 2.24) is 9.80 Å². The maximum Gasteiger partial charge on any atom is 0.335 e. The van der Waals surface area contributed by atoms with Gasteiger partial charge in [0.05, 0.1) is 5.56 Å². The van der Waals surface area contributed by atoms with E-state index in [1.165, 1.54) is 0 Å². The number of carbonyl (C=O) groups is 2. The minimum absolute atomic E-state index is 0.295. The molecule has 1 N–H and O–H groups in total. The minimum atomic E-state index is -0.892. The fraction of sp³-hybridized carbons (Fsp3) is 0.500. The first-order valence-electron chi connectivity index (χ1n) is 7.47. The van der Waals surface area contributed by atoms with Crippen LogP contribution < -0.4 is 0 Å². The van der Waals surface area contributed by atoms with E-state index in [1.807, 2.05) is 11.0 Å². The lowest BCUT2D eigenvalue weighted by Gasteiger charge is -2.35. The number of carboxylic acids is 1. The number of benzene rings is 1. The number of piperazine rings is 1. The Morgan fingerprint density at radius 3 is 2.48 bits per heavy atom. The Bertz CT molecular complexity index is 546. The molecule has 5 nitrogen and oxygen atoms in total. The summed E-state index contributed by atoms with van der Waals surface area (Å²) in [5, 5.41) is 9.01. The third-order valence-corrected chi connectivity index (χ3v) is 4.19. The average molecular weight is 288 g/mol. The van der Waals surface area contributed by atoms with E-state index in [4.69, 9.17) is 5.11 Å². The first kappa shape index (κ1) is 14.1. The van der Waals surface area contributed by atoms with Gasteiger partial charge in [-0.1, -0.05) is 12.1 Å². The SMILES string of the molecule is O=C(O)c1cccc(CN2CCN(C(=O)C3CC3)CC2)c1. The Morgan fingerprint density at radius 1 is 1.14 bits per heavy atom. The maximum atomic E-state index is 12.0. The topological polar surface area (TPSA) is 60.9 Å². The van der Waals surface area contributed by atoms with Crippen molar-refractivity contribution in [3.8, 4) is 0 Å². The molecule has 1 heterocycles. The highest BCUT2D eigenvalue weighted by atomic mass is 16.4. The van der Waals surface area contributed by atoms with E-state index in [-0.39, 0.29) is 0 Å². The minimum Gasteiger partial charge on any atom is -0.478 e. The Labute approximate surface area is 124 Å². The first-order chi connectivity index (χ1) is 10.1. The van der Waals surface area contributed by atoms with Gasteiger partial charge in [-0.15, -0.1) is 0 Å². The number of rotatable bonds is 4. The summed E-state index contributed by atoms with van der Waals surface area (Å²) in [4.78, 5) is 27.2. The van der Waals surface area contributed by atoms with Gasteiger partial charge in [-0.25, -0.2) is 4.79 Å². The number of carbonyl (C=O) groups excluding carboxylic acids is 1. The number of nitrogens with zero attached hydrogens (tertiary/aromatic N) is 2. The van der Waals surface area contributed by atoms with E-state index in [0.29, 0.717) is 17.4 Å². The Morgan fingerprint density at radius 2 is 1.86 bits per heavy atom. The lowest BCUT2D eigenvalue weighted by molar-refractivity contribution is -0.134. The van der Waals surface area contributed by atoms with Crippen molar-refractivity contribution in [2.75, 3.05) is 26.2 Å². The van der Waals surface area contributed by atoms with Crippen LogP contribution in [0.4, 0.5) is 0 Å². The maximum absolute atomic E-state index is 12.0. The summed E-state index contributed by atoms with van der Waals surface area (Å²) in [5.74, 6) is -0.275.